The minimum absolute atomic E-state index is 0.351. The van der Waals surface area contributed by atoms with E-state index < -0.39 is 5.60 Å². The van der Waals surface area contributed by atoms with Gasteiger partial charge in [0.25, 0.3) is 0 Å². The Bertz CT molecular complexity index is 232. The van der Waals surface area contributed by atoms with Gasteiger partial charge in [-0.3, -0.25) is 0 Å². The van der Waals surface area contributed by atoms with Crippen LogP contribution in [0.1, 0.15) is 33.1 Å². The molecule has 2 atom stereocenters. The van der Waals surface area contributed by atoms with Gasteiger partial charge >= 0.3 is 0 Å². The van der Waals surface area contributed by atoms with Gasteiger partial charge in [0.15, 0.2) is 0 Å². The first-order chi connectivity index (χ1) is 8.15. The molecule has 0 aromatic rings. The molecule has 0 amide bonds. The lowest BCUT2D eigenvalue weighted by Crippen LogP contribution is -2.60. The number of hydrogen-bond acceptors (Lipinski definition) is 4. The quantitative estimate of drug-likeness (QED) is 0.741. The Morgan fingerprint density at radius 3 is 2.35 bits per heavy atom. The largest absolute Gasteiger partial charge is 0.390 e. The second kappa shape index (κ2) is 5.65. The van der Waals surface area contributed by atoms with Crippen molar-refractivity contribution in [1.29, 1.82) is 0 Å². The monoisotopic (exact) mass is 242 g/mol. The number of ether oxygens (including phenoxy) is 1. The fraction of sp³-hybridized carbons (Fsp3) is 1.00. The Morgan fingerprint density at radius 2 is 1.82 bits per heavy atom. The minimum atomic E-state index is -0.479. The van der Waals surface area contributed by atoms with Crippen LogP contribution < -0.4 is 5.32 Å². The summed E-state index contributed by atoms with van der Waals surface area (Å²) in [5.41, 5.74) is -0.479. The molecule has 0 aromatic carbocycles. The lowest BCUT2D eigenvalue weighted by atomic mass is 9.80. The van der Waals surface area contributed by atoms with E-state index >= 15 is 0 Å². The lowest BCUT2D eigenvalue weighted by Gasteiger charge is -2.45. The van der Waals surface area contributed by atoms with Crippen LogP contribution >= 0.6 is 0 Å². The van der Waals surface area contributed by atoms with Gasteiger partial charge in [-0.25, -0.2) is 0 Å². The Hall–Kier alpha value is -0.160. The molecule has 4 heteroatoms. The molecule has 0 spiro atoms. The van der Waals surface area contributed by atoms with Crippen LogP contribution in [0.3, 0.4) is 0 Å². The third-order valence-corrected chi connectivity index (χ3v) is 4.15. The van der Waals surface area contributed by atoms with Crippen molar-refractivity contribution in [3.05, 3.63) is 0 Å². The summed E-state index contributed by atoms with van der Waals surface area (Å²) in [6.45, 7) is 9.01. The van der Waals surface area contributed by atoms with Crippen LogP contribution in [0.15, 0.2) is 0 Å². The summed E-state index contributed by atoms with van der Waals surface area (Å²) in [6.07, 6.45) is 2.57. The van der Waals surface area contributed by atoms with E-state index in [2.05, 4.69) is 24.1 Å². The van der Waals surface area contributed by atoms with E-state index in [1.807, 2.05) is 0 Å². The van der Waals surface area contributed by atoms with E-state index in [-0.39, 0.29) is 0 Å². The van der Waals surface area contributed by atoms with Crippen LogP contribution in [0.2, 0.25) is 0 Å². The van der Waals surface area contributed by atoms with E-state index in [1.54, 1.807) is 0 Å². The van der Waals surface area contributed by atoms with Gasteiger partial charge in [0, 0.05) is 18.6 Å². The summed E-state index contributed by atoms with van der Waals surface area (Å²) in [5, 5.41) is 14.2. The fourth-order valence-corrected chi connectivity index (χ4v) is 3.13. The molecule has 0 radical (unpaired) electrons. The van der Waals surface area contributed by atoms with Gasteiger partial charge in [-0.05, 0) is 32.4 Å². The van der Waals surface area contributed by atoms with Gasteiger partial charge in [-0.15, -0.1) is 0 Å². The molecular formula is C13H26N2O2. The number of hydrogen-bond donors (Lipinski definition) is 2. The maximum atomic E-state index is 10.7. The molecule has 2 fully saturated rings. The van der Waals surface area contributed by atoms with Crippen molar-refractivity contribution in [3.8, 4) is 0 Å². The zero-order valence-corrected chi connectivity index (χ0v) is 11.1. The first kappa shape index (κ1) is 13.3. The van der Waals surface area contributed by atoms with Crippen LogP contribution in [0.25, 0.3) is 0 Å². The van der Waals surface area contributed by atoms with Gasteiger partial charge in [0.1, 0.15) is 0 Å². The Morgan fingerprint density at radius 1 is 1.24 bits per heavy atom. The van der Waals surface area contributed by atoms with Crippen LogP contribution in [0, 0.1) is 0 Å². The van der Waals surface area contributed by atoms with Crippen molar-refractivity contribution in [2.45, 2.75) is 50.8 Å². The van der Waals surface area contributed by atoms with Crippen molar-refractivity contribution < 1.29 is 9.84 Å². The van der Waals surface area contributed by atoms with E-state index in [9.17, 15) is 5.11 Å². The summed E-state index contributed by atoms with van der Waals surface area (Å²) in [5.74, 6) is 0. The van der Waals surface area contributed by atoms with Crippen molar-refractivity contribution in [2.24, 2.45) is 0 Å². The number of rotatable bonds is 5. The third kappa shape index (κ3) is 3.41. The van der Waals surface area contributed by atoms with Crippen molar-refractivity contribution in [2.75, 3.05) is 32.8 Å². The second-order valence-corrected chi connectivity index (χ2v) is 5.51. The normalized spacial score (nSPS) is 37.4. The Labute approximate surface area is 104 Å². The first-order valence-electron chi connectivity index (χ1n) is 6.93. The molecule has 100 valence electrons. The van der Waals surface area contributed by atoms with E-state index in [0.717, 1.165) is 52.1 Å². The molecule has 2 N–H and O–H groups in total. The number of nitrogens with zero attached hydrogens (tertiary/aromatic N) is 1. The highest BCUT2D eigenvalue weighted by atomic mass is 16.5. The van der Waals surface area contributed by atoms with Crippen LogP contribution in [0.5, 0.6) is 0 Å². The molecule has 2 unspecified atom stereocenters. The summed E-state index contributed by atoms with van der Waals surface area (Å²) >= 11 is 0. The van der Waals surface area contributed by atoms with Crippen molar-refractivity contribution >= 4 is 0 Å². The number of nitrogens with one attached hydrogen (secondary N) is 1. The molecule has 4 nitrogen and oxygen atoms in total. The predicted molar refractivity (Wildman–Crippen MR) is 68.1 cm³/mol. The van der Waals surface area contributed by atoms with Gasteiger partial charge < -0.3 is 20.1 Å². The molecular weight excluding hydrogens is 216 g/mol. The number of morpholine rings is 1. The molecule has 0 aliphatic carbocycles. The number of piperidine rings is 1. The Balaban J connectivity index is 1.86. The van der Waals surface area contributed by atoms with Gasteiger partial charge in [-0.2, -0.15) is 0 Å². The third-order valence-electron chi connectivity index (χ3n) is 4.15. The summed E-state index contributed by atoms with van der Waals surface area (Å²) in [4.78, 5) is 2.38. The predicted octanol–water partition coefficient (Wildman–Crippen LogP) is 0.600. The summed E-state index contributed by atoms with van der Waals surface area (Å²) in [6, 6.07) is 0.702. The van der Waals surface area contributed by atoms with Crippen LogP contribution in [-0.2, 0) is 4.74 Å². The van der Waals surface area contributed by atoms with Crippen molar-refractivity contribution in [3.63, 3.8) is 0 Å². The lowest BCUT2D eigenvalue weighted by molar-refractivity contribution is -0.0826. The molecule has 2 saturated heterocycles. The first-order valence-corrected chi connectivity index (χ1v) is 6.93. The average Bonchev–Trinajstić information content (AvgIpc) is 2.29. The SMILES string of the molecule is CCN(CC)CCC1(O)CC2COCC(C1)N2. The molecule has 2 rings (SSSR count). The van der Waals surface area contributed by atoms with E-state index in [4.69, 9.17) is 4.74 Å². The highest BCUT2D eigenvalue weighted by Gasteiger charge is 2.40. The molecule has 17 heavy (non-hydrogen) atoms. The molecule has 0 aromatic heterocycles. The Kier molecular flexibility index (Phi) is 4.42. The second-order valence-electron chi connectivity index (χ2n) is 5.51. The highest BCUT2D eigenvalue weighted by molar-refractivity contribution is 4.97. The van der Waals surface area contributed by atoms with Crippen LogP contribution in [0.4, 0.5) is 0 Å². The maximum Gasteiger partial charge on any atom is 0.0691 e. The number of fused-ring (bicyclic) bond motifs is 2. The molecule has 2 heterocycles. The molecule has 2 bridgehead atoms. The summed E-state index contributed by atoms with van der Waals surface area (Å²) in [7, 11) is 0. The van der Waals surface area contributed by atoms with Gasteiger partial charge in [0.2, 0.25) is 0 Å². The van der Waals surface area contributed by atoms with Gasteiger partial charge in [-0.1, -0.05) is 13.8 Å². The molecule has 0 saturated carbocycles. The van der Waals surface area contributed by atoms with Crippen LogP contribution in [-0.4, -0.2) is 60.5 Å². The standard InChI is InChI=1S/C13H26N2O2/c1-3-15(4-2)6-5-13(16)7-11-9-17-10-12(8-13)14-11/h11-12,14,16H,3-10H2,1-2H3. The summed E-state index contributed by atoms with van der Waals surface area (Å²) < 4.78 is 5.51. The highest BCUT2D eigenvalue weighted by Crippen LogP contribution is 2.30. The van der Waals surface area contributed by atoms with Crippen molar-refractivity contribution in [1.82, 2.24) is 10.2 Å². The fourth-order valence-electron chi connectivity index (χ4n) is 3.13. The van der Waals surface area contributed by atoms with E-state index in [1.165, 1.54) is 0 Å². The van der Waals surface area contributed by atoms with Gasteiger partial charge in [0.05, 0.1) is 18.8 Å². The smallest absolute Gasteiger partial charge is 0.0691 e. The zero-order valence-electron chi connectivity index (χ0n) is 11.1. The zero-order chi connectivity index (χ0) is 12.3. The number of aliphatic hydroxyl groups is 1. The molecule has 2 aliphatic rings. The molecule has 2 aliphatic heterocycles. The average molecular weight is 242 g/mol. The maximum absolute atomic E-state index is 10.7. The minimum Gasteiger partial charge on any atom is -0.390 e. The topological polar surface area (TPSA) is 44.7 Å². The van der Waals surface area contributed by atoms with E-state index in [0.29, 0.717) is 12.1 Å².